The molecule has 3 fully saturated rings. The van der Waals surface area contributed by atoms with Gasteiger partial charge in [-0.25, -0.2) is 0 Å². The van der Waals surface area contributed by atoms with Crippen LogP contribution in [0.1, 0.15) is 42.4 Å². The third-order valence-corrected chi connectivity index (χ3v) is 7.94. The standard InChI is InChI=1S/C27H34N2O2/c1-19-8-7-9-20(14-19)16-29-17-24-23(25(24)18-29)15-28-26(30)27(31,22-12-5-6-13-22)21-10-3-2-4-11-21/h2-4,7-11,14,22-25,31H,5-6,12-13,15-18H2,1H3,(H,28,30)/t23?,24?,25?,27-/m1/s1. The first-order valence-electron chi connectivity index (χ1n) is 11.9. The minimum Gasteiger partial charge on any atom is -0.375 e. The second-order valence-corrected chi connectivity index (χ2v) is 10.00. The molecule has 3 atom stereocenters. The molecule has 0 radical (unpaired) electrons. The molecule has 3 aliphatic rings. The van der Waals surface area contributed by atoms with Crippen molar-refractivity contribution in [2.75, 3.05) is 19.6 Å². The number of piperidine rings is 1. The number of aryl methyl sites for hydroxylation is 1. The van der Waals surface area contributed by atoms with Crippen molar-refractivity contribution in [2.45, 2.75) is 44.8 Å². The van der Waals surface area contributed by atoms with E-state index in [1.165, 1.54) is 11.1 Å². The smallest absolute Gasteiger partial charge is 0.256 e. The Balaban J connectivity index is 1.17. The lowest BCUT2D eigenvalue weighted by atomic mass is 9.79. The normalized spacial score (nSPS) is 27.6. The van der Waals surface area contributed by atoms with E-state index in [-0.39, 0.29) is 11.8 Å². The topological polar surface area (TPSA) is 52.6 Å². The number of nitrogens with zero attached hydrogens (tertiary/aromatic N) is 1. The quantitative estimate of drug-likeness (QED) is 0.718. The molecule has 2 N–H and O–H groups in total. The molecular formula is C27H34N2O2. The zero-order valence-electron chi connectivity index (χ0n) is 18.5. The van der Waals surface area contributed by atoms with Crippen LogP contribution in [-0.4, -0.2) is 35.5 Å². The van der Waals surface area contributed by atoms with Gasteiger partial charge in [0.2, 0.25) is 0 Å². The number of carbonyl (C=O) groups excluding carboxylic acids is 1. The largest absolute Gasteiger partial charge is 0.375 e. The van der Waals surface area contributed by atoms with Crippen LogP contribution in [0.15, 0.2) is 54.6 Å². The summed E-state index contributed by atoms with van der Waals surface area (Å²) in [5.41, 5.74) is 2.03. The predicted molar refractivity (Wildman–Crippen MR) is 122 cm³/mol. The van der Waals surface area contributed by atoms with E-state index in [9.17, 15) is 9.90 Å². The summed E-state index contributed by atoms with van der Waals surface area (Å²) in [6.45, 7) is 6.08. The number of aliphatic hydroxyl groups is 1. The van der Waals surface area contributed by atoms with E-state index in [0.29, 0.717) is 24.3 Å². The molecule has 1 saturated heterocycles. The van der Waals surface area contributed by atoms with Crippen LogP contribution in [0.4, 0.5) is 0 Å². The van der Waals surface area contributed by atoms with Crippen LogP contribution in [0, 0.1) is 30.6 Å². The first-order chi connectivity index (χ1) is 15.1. The Morgan fingerprint density at radius 1 is 1.06 bits per heavy atom. The minimum atomic E-state index is -1.40. The molecule has 1 aliphatic heterocycles. The zero-order chi connectivity index (χ0) is 21.4. The van der Waals surface area contributed by atoms with E-state index < -0.39 is 5.60 Å². The Bertz CT molecular complexity index is 912. The molecule has 0 bridgehead atoms. The second kappa shape index (κ2) is 8.40. The zero-order valence-corrected chi connectivity index (χ0v) is 18.5. The number of nitrogens with one attached hydrogen (secondary N) is 1. The summed E-state index contributed by atoms with van der Waals surface area (Å²) in [7, 11) is 0. The van der Waals surface area contributed by atoms with Crippen LogP contribution >= 0.6 is 0 Å². The Labute approximate surface area is 185 Å². The van der Waals surface area contributed by atoms with Gasteiger partial charge in [0.1, 0.15) is 0 Å². The fourth-order valence-corrected chi connectivity index (χ4v) is 6.17. The first kappa shape index (κ1) is 20.7. The average molecular weight is 419 g/mol. The van der Waals surface area contributed by atoms with Gasteiger partial charge in [-0.3, -0.25) is 9.69 Å². The molecule has 2 aliphatic carbocycles. The van der Waals surface area contributed by atoms with E-state index in [4.69, 9.17) is 0 Å². The summed E-state index contributed by atoms with van der Waals surface area (Å²) in [4.78, 5) is 15.8. The third kappa shape index (κ3) is 4.04. The maximum Gasteiger partial charge on any atom is 0.256 e. The second-order valence-electron chi connectivity index (χ2n) is 10.00. The van der Waals surface area contributed by atoms with Crippen molar-refractivity contribution in [2.24, 2.45) is 23.7 Å². The fraction of sp³-hybridized carbons (Fsp3) is 0.519. The highest BCUT2D eigenvalue weighted by Crippen LogP contribution is 2.51. The molecule has 1 heterocycles. The van der Waals surface area contributed by atoms with Crippen molar-refractivity contribution < 1.29 is 9.90 Å². The molecule has 31 heavy (non-hydrogen) atoms. The lowest BCUT2D eigenvalue weighted by molar-refractivity contribution is -0.147. The Morgan fingerprint density at radius 3 is 2.45 bits per heavy atom. The van der Waals surface area contributed by atoms with Crippen molar-refractivity contribution in [3.05, 3.63) is 71.3 Å². The summed E-state index contributed by atoms with van der Waals surface area (Å²) >= 11 is 0. The molecule has 2 saturated carbocycles. The Kier molecular flexibility index (Phi) is 5.61. The number of amides is 1. The molecule has 1 amide bonds. The van der Waals surface area contributed by atoms with Gasteiger partial charge in [0.15, 0.2) is 5.60 Å². The van der Waals surface area contributed by atoms with Gasteiger partial charge in [0.05, 0.1) is 0 Å². The SMILES string of the molecule is Cc1cccc(CN2CC3C(CNC(=O)[C@@](O)(c4ccccc4)C4CCCC4)C3C2)c1. The van der Waals surface area contributed by atoms with Gasteiger partial charge in [-0.2, -0.15) is 0 Å². The highest BCUT2D eigenvalue weighted by atomic mass is 16.3. The number of hydrogen-bond donors (Lipinski definition) is 2. The van der Waals surface area contributed by atoms with Gasteiger partial charge >= 0.3 is 0 Å². The van der Waals surface area contributed by atoms with E-state index in [0.717, 1.165) is 50.9 Å². The molecule has 4 nitrogen and oxygen atoms in total. The third-order valence-electron chi connectivity index (χ3n) is 7.94. The summed E-state index contributed by atoms with van der Waals surface area (Å²) < 4.78 is 0. The maximum atomic E-state index is 13.3. The predicted octanol–water partition coefficient (Wildman–Crippen LogP) is 3.87. The van der Waals surface area contributed by atoms with Gasteiger partial charge in [0, 0.05) is 32.1 Å². The van der Waals surface area contributed by atoms with Gasteiger partial charge in [-0.1, -0.05) is 73.0 Å². The molecule has 164 valence electrons. The molecule has 2 unspecified atom stereocenters. The number of fused-ring (bicyclic) bond motifs is 1. The number of benzene rings is 2. The molecule has 2 aromatic rings. The average Bonchev–Trinajstić information content (AvgIpc) is 3.17. The van der Waals surface area contributed by atoms with Crippen molar-refractivity contribution in [3.8, 4) is 0 Å². The summed E-state index contributed by atoms with van der Waals surface area (Å²) in [5, 5.41) is 14.7. The number of hydrogen-bond acceptors (Lipinski definition) is 3. The lowest BCUT2D eigenvalue weighted by Crippen LogP contribution is -2.49. The van der Waals surface area contributed by atoms with Crippen molar-refractivity contribution in [1.29, 1.82) is 0 Å². The highest BCUT2D eigenvalue weighted by molar-refractivity contribution is 5.86. The summed E-state index contributed by atoms with van der Waals surface area (Å²) in [5.74, 6) is 1.73. The number of carbonyl (C=O) groups is 1. The van der Waals surface area contributed by atoms with Gasteiger partial charge in [-0.05, 0) is 48.6 Å². The molecule has 0 spiro atoms. The van der Waals surface area contributed by atoms with Gasteiger partial charge < -0.3 is 10.4 Å². The van der Waals surface area contributed by atoms with Crippen molar-refractivity contribution in [1.82, 2.24) is 10.2 Å². The number of rotatable bonds is 7. The van der Waals surface area contributed by atoms with E-state index >= 15 is 0 Å². The first-order valence-corrected chi connectivity index (χ1v) is 11.9. The fourth-order valence-electron chi connectivity index (χ4n) is 6.17. The van der Waals surface area contributed by atoms with Crippen molar-refractivity contribution in [3.63, 3.8) is 0 Å². The van der Waals surface area contributed by atoms with Gasteiger partial charge in [-0.15, -0.1) is 0 Å². The van der Waals surface area contributed by atoms with Crippen LogP contribution in [0.5, 0.6) is 0 Å². The van der Waals surface area contributed by atoms with E-state index in [1.54, 1.807) is 0 Å². The van der Waals surface area contributed by atoms with Crippen molar-refractivity contribution >= 4 is 5.91 Å². The van der Waals surface area contributed by atoms with E-state index in [1.807, 2.05) is 30.3 Å². The van der Waals surface area contributed by atoms with Gasteiger partial charge in [0.25, 0.3) is 5.91 Å². The van der Waals surface area contributed by atoms with Crippen LogP contribution in [0.3, 0.4) is 0 Å². The van der Waals surface area contributed by atoms with Crippen LogP contribution in [0.2, 0.25) is 0 Å². The summed E-state index contributed by atoms with van der Waals surface area (Å²) in [6.07, 6.45) is 4.02. The molecule has 4 heteroatoms. The molecule has 2 aromatic carbocycles. The maximum absolute atomic E-state index is 13.3. The Morgan fingerprint density at radius 2 is 1.77 bits per heavy atom. The molecule has 5 rings (SSSR count). The Hall–Kier alpha value is -2.17. The molecular weight excluding hydrogens is 384 g/mol. The highest BCUT2D eigenvalue weighted by Gasteiger charge is 2.55. The van der Waals surface area contributed by atoms with Crippen LogP contribution < -0.4 is 5.32 Å². The number of likely N-dealkylation sites (tertiary alicyclic amines) is 1. The van der Waals surface area contributed by atoms with E-state index in [2.05, 4.69) is 41.4 Å². The molecule has 0 aromatic heterocycles. The van der Waals surface area contributed by atoms with Crippen LogP contribution in [-0.2, 0) is 16.9 Å². The van der Waals surface area contributed by atoms with Crippen LogP contribution in [0.25, 0.3) is 0 Å². The summed E-state index contributed by atoms with van der Waals surface area (Å²) in [6, 6.07) is 18.3. The minimum absolute atomic E-state index is 0.0124. The monoisotopic (exact) mass is 418 g/mol. The lowest BCUT2D eigenvalue weighted by Gasteiger charge is -2.33.